The van der Waals surface area contributed by atoms with Gasteiger partial charge in [-0.2, -0.15) is 0 Å². The summed E-state index contributed by atoms with van der Waals surface area (Å²) in [4.78, 5) is 0. The van der Waals surface area contributed by atoms with E-state index in [1.807, 2.05) is 0 Å². The van der Waals surface area contributed by atoms with Crippen molar-refractivity contribution in [2.75, 3.05) is 0 Å². The quantitative estimate of drug-likeness (QED) is 0.473. The van der Waals surface area contributed by atoms with E-state index in [0.717, 1.165) is 0 Å². The maximum atomic E-state index is 9.94. The van der Waals surface area contributed by atoms with E-state index < -0.39 is 17.8 Å². The van der Waals surface area contributed by atoms with Gasteiger partial charge in [0.05, 0.1) is 0 Å². The number of hydrogen-bond donors (Lipinski definition) is 0. The van der Waals surface area contributed by atoms with Crippen LogP contribution in [0, 0.1) is 0 Å². The fourth-order valence-corrected chi connectivity index (χ4v) is 0. The summed E-state index contributed by atoms with van der Waals surface area (Å²) in [6.45, 7) is 0. The molecule has 0 aromatic heterocycles. The van der Waals surface area contributed by atoms with Crippen LogP contribution in [0.4, 0.5) is 18.1 Å². The predicted octanol–water partition coefficient (Wildman–Crippen LogP) is 1.87. The molecule has 0 spiro atoms. The predicted molar refractivity (Wildman–Crippen MR) is 13.8 cm³/mol. The summed E-state index contributed by atoms with van der Waals surface area (Å²) < 4.78 is 59.6. The fraction of sp³-hybridized carbons (Fsp3) is 0. The van der Waals surface area contributed by atoms with Crippen LogP contribution in [0.1, 0.15) is 0 Å². The van der Waals surface area contributed by atoms with Gasteiger partial charge in [0, 0.05) is 0 Å². The van der Waals surface area contributed by atoms with E-state index in [9.17, 15) is 18.1 Å². The molecule has 0 heterocycles. The van der Waals surface area contributed by atoms with Crippen LogP contribution in [0.2, 0.25) is 0 Å². The first-order valence-corrected chi connectivity index (χ1v) is 8.30. The zero-order chi connectivity index (χ0) is 6.41. The van der Waals surface area contributed by atoms with Gasteiger partial charge in [-0.05, 0) is 0 Å². The first kappa shape index (κ1) is 11.7. The molecule has 0 saturated carbocycles. The zero-order valence-electron chi connectivity index (χ0n) is 2.72. The molecule has 8 heteroatoms. The molecule has 0 aromatic carbocycles. The van der Waals surface area contributed by atoms with Crippen LogP contribution >= 0.6 is 0 Å². The molecule has 0 N–H and O–H groups in total. The minimum absolute atomic E-state index is 0. The third-order valence-electron chi connectivity index (χ3n) is 0. The standard InChI is InChI=1S/6FH.Li.Ta.H/h6*1H;;;/q;;;;;;;+6;/p-6. The molecule has 0 amide bonds. The van der Waals surface area contributed by atoms with E-state index in [2.05, 4.69) is 0 Å². The molecule has 0 unspecified atom stereocenters. The Hall–Kier alpha value is 0.918. The maximum absolute atomic E-state index is 11.4. The van der Waals surface area contributed by atoms with Gasteiger partial charge in [0.15, 0.2) is 0 Å². The van der Waals surface area contributed by atoms with Gasteiger partial charge in [-0.3, -0.25) is 0 Å². The minimum atomic E-state index is -11.4. The van der Waals surface area contributed by atoms with Gasteiger partial charge < -0.3 is 0 Å². The summed E-state index contributed by atoms with van der Waals surface area (Å²) >= 11 is -11.4. The van der Waals surface area contributed by atoms with E-state index in [0.29, 0.717) is 0 Å². The van der Waals surface area contributed by atoms with Crippen molar-refractivity contribution in [2.24, 2.45) is 0 Å². The Morgan fingerprint density at radius 2 is 0.625 bits per heavy atom. The second-order valence-electron chi connectivity index (χ2n) is 0.958. The molecule has 0 nitrogen and oxygen atoms in total. The van der Waals surface area contributed by atoms with Crippen LogP contribution in [-0.2, 0) is 17.8 Å². The summed E-state index contributed by atoms with van der Waals surface area (Å²) in [5, 5.41) is 0. The average Bonchev–Trinajstić information content (AvgIpc) is 0.592. The summed E-state index contributed by atoms with van der Waals surface area (Å²) in [6.07, 6.45) is 0. The second kappa shape index (κ2) is 1.50. The molecule has 0 fully saturated rings. The zero-order valence-corrected chi connectivity index (χ0v) is 5.93. The van der Waals surface area contributed by atoms with Crippen molar-refractivity contribution in [1.29, 1.82) is 0 Å². The van der Waals surface area contributed by atoms with Gasteiger partial charge in [0.1, 0.15) is 0 Å². The van der Waals surface area contributed by atoms with Crippen LogP contribution in [0.3, 0.4) is 0 Å². The van der Waals surface area contributed by atoms with Gasteiger partial charge in [-0.1, -0.05) is 0 Å². The molecule has 0 saturated heterocycles. The summed E-state index contributed by atoms with van der Waals surface area (Å²) in [5.74, 6) is 0. The molecule has 49 valence electrons. The molecular formula is HF6LiTa. The Labute approximate surface area is 55.0 Å². The number of rotatable bonds is 0. The summed E-state index contributed by atoms with van der Waals surface area (Å²) in [5.41, 5.74) is 0. The Kier molecular flexibility index (Phi) is 2.18. The van der Waals surface area contributed by atoms with Crippen LogP contribution in [0.25, 0.3) is 0 Å². The number of halogens is 6. The van der Waals surface area contributed by atoms with Crippen molar-refractivity contribution < 1.29 is 35.9 Å². The van der Waals surface area contributed by atoms with Crippen LogP contribution in [0.5, 0.6) is 0 Å². The second-order valence-corrected chi connectivity index (χ2v) is 7.84. The first-order valence-electron chi connectivity index (χ1n) is 1.01. The third-order valence-corrected chi connectivity index (χ3v) is 0. The van der Waals surface area contributed by atoms with Crippen molar-refractivity contribution in [1.82, 2.24) is 0 Å². The SMILES string of the molecule is [F][Ta]([F])([F])([F])([F])[F].[LiH]. The molecule has 0 aliphatic heterocycles. The van der Waals surface area contributed by atoms with Crippen molar-refractivity contribution in [2.45, 2.75) is 0 Å². The van der Waals surface area contributed by atoms with Crippen LogP contribution in [-0.4, -0.2) is 18.9 Å². The molecule has 0 aliphatic rings. The van der Waals surface area contributed by atoms with Crippen LogP contribution in [0.15, 0.2) is 0 Å². The first-order chi connectivity index (χ1) is 2.45. The Morgan fingerprint density at radius 1 is 0.625 bits per heavy atom. The van der Waals surface area contributed by atoms with Gasteiger partial charge in [-0.15, -0.1) is 0 Å². The molecule has 0 radical (unpaired) electrons. The molecule has 0 atom stereocenters. The monoisotopic (exact) mass is 303 g/mol. The average molecular weight is 303 g/mol. The molecule has 0 rings (SSSR count). The van der Waals surface area contributed by atoms with Gasteiger partial charge in [0.25, 0.3) is 0 Å². The van der Waals surface area contributed by atoms with E-state index >= 15 is 0 Å². The molecule has 0 aromatic rings. The van der Waals surface area contributed by atoms with Gasteiger partial charge >= 0.3 is 54.8 Å². The van der Waals surface area contributed by atoms with E-state index in [1.165, 1.54) is 0 Å². The summed E-state index contributed by atoms with van der Waals surface area (Å²) in [6, 6.07) is 0. The normalized spacial score (nSPS) is 20.2. The molecule has 0 aliphatic carbocycles. The third kappa shape index (κ3) is 288. The van der Waals surface area contributed by atoms with Crippen molar-refractivity contribution in [3.63, 3.8) is 0 Å². The Balaban J connectivity index is 0. The Bertz CT molecular complexity index is 67.1. The fourth-order valence-electron chi connectivity index (χ4n) is 0. The molecular weight excluding hydrogens is 302 g/mol. The van der Waals surface area contributed by atoms with E-state index in [-0.39, 0.29) is 18.9 Å². The van der Waals surface area contributed by atoms with Crippen molar-refractivity contribution in [3.8, 4) is 0 Å². The molecule has 0 bridgehead atoms. The Morgan fingerprint density at radius 3 is 0.625 bits per heavy atom. The molecule has 8 heavy (non-hydrogen) atoms. The van der Waals surface area contributed by atoms with Gasteiger partial charge in [-0.25, -0.2) is 0 Å². The topological polar surface area (TPSA) is 0 Å². The van der Waals surface area contributed by atoms with Crippen molar-refractivity contribution >= 4 is 18.9 Å². The number of hydrogen-bond acceptors (Lipinski definition) is 0. The summed E-state index contributed by atoms with van der Waals surface area (Å²) in [7, 11) is 0. The van der Waals surface area contributed by atoms with Gasteiger partial charge in [0.2, 0.25) is 0 Å². The van der Waals surface area contributed by atoms with E-state index in [4.69, 9.17) is 0 Å². The van der Waals surface area contributed by atoms with Crippen molar-refractivity contribution in [3.05, 3.63) is 0 Å². The van der Waals surface area contributed by atoms with Crippen LogP contribution < -0.4 is 0 Å². The van der Waals surface area contributed by atoms with E-state index in [1.54, 1.807) is 0 Å².